The monoisotopic (exact) mass is 308 g/mol. The van der Waals surface area contributed by atoms with Gasteiger partial charge < -0.3 is 10.1 Å². The third kappa shape index (κ3) is 5.07. The summed E-state index contributed by atoms with van der Waals surface area (Å²) in [7, 11) is 1.63. The molecule has 0 spiro atoms. The summed E-state index contributed by atoms with van der Waals surface area (Å²) < 4.78 is 18.3. The summed E-state index contributed by atoms with van der Waals surface area (Å²) in [5.41, 5.74) is 0.953. The van der Waals surface area contributed by atoms with Crippen molar-refractivity contribution >= 4 is 5.91 Å². The summed E-state index contributed by atoms with van der Waals surface area (Å²) in [4.78, 5) is 14.5. The second-order valence-electron chi connectivity index (χ2n) is 6.07. The van der Waals surface area contributed by atoms with E-state index in [1.807, 2.05) is 13.0 Å². The zero-order valence-corrected chi connectivity index (χ0v) is 13.3. The molecule has 0 bridgehead atoms. The number of nitrogens with zero attached hydrogens (tertiary/aromatic N) is 1. The minimum absolute atomic E-state index is 0.00150. The van der Waals surface area contributed by atoms with Gasteiger partial charge in [0, 0.05) is 26.2 Å². The van der Waals surface area contributed by atoms with E-state index in [9.17, 15) is 9.18 Å². The number of likely N-dealkylation sites (tertiary alicyclic amines) is 1. The molecule has 0 aliphatic carbocycles. The summed E-state index contributed by atoms with van der Waals surface area (Å²) >= 11 is 0. The molecule has 2 rings (SSSR count). The van der Waals surface area contributed by atoms with Gasteiger partial charge in [-0.3, -0.25) is 9.69 Å². The van der Waals surface area contributed by atoms with Gasteiger partial charge >= 0.3 is 0 Å². The molecule has 1 aliphatic rings. The molecule has 1 aromatic carbocycles. The average Bonchev–Trinajstić information content (AvgIpc) is 2.47. The third-order valence-electron chi connectivity index (χ3n) is 3.98. The van der Waals surface area contributed by atoms with Crippen molar-refractivity contribution in [3.05, 3.63) is 35.6 Å². The number of hydrogen-bond acceptors (Lipinski definition) is 3. The summed E-state index contributed by atoms with van der Waals surface area (Å²) in [5, 5.41) is 2.99. The van der Waals surface area contributed by atoms with Crippen LogP contribution in [0.15, 0.2) is 24.3 Å². The second kappa shape index (κ2) is 8.25. The SMILES string of the molecule is COCC(C)NC(=O)C1CCCN(Cc2cccc(F)c2)C1. The van der Waals surface area contributed by atoms with Crippen molar-refractivity contribution in [1.29, 1.82) is 0 Å². The van der Waals surface area contributed by atoms with E-state index in [4.69, 9.17) is 4.74 Å². The Balaban J connectivity index is 1.87. The van der Waals surface area contributed by atoms with Crippen LogP contribution in [-0.2, 0) is 16.1 Å². The van der Waals surface area contributed by atoms with Crippen LogP contribution in [0.4, 0.5) is 4.39 Å². The van der Waals surface area contributed by atoms with E-state index < -0.39 is 0 Å². The lowest BCUT2D eigenvalue weighted by atomic mass is 9.96. The molecule has 1 fully saturated rings. The van der Waals surface area contributed by atoms with Crippen molar-refractivity contribution in [2.45, 2.75) is 32.4 Å². The largest absolute Gasteiger partial charge is 0.383 e. The minimum atomic E-state index is -0.211. The Morgan fingerprint density at radius 2 is 2.36 bits per heavy atom. The molecule has 1 aliphatic heterocycles. The van der Waals surface area contributed by atoms with Gasteiger partial charge in [0.15, 0.2) is 0 Å². The number of methoxy groups -OCH3 is 1. The molecular weight excluding hydrogens is 283 g/mol. The fraction of sp³-hybridized carbons (Fsp3) is 0.588. The molecule has 22 heavy (non-hydrogen) atoms. The Labute approximate surface area is 131 Å². The summed E-state index contributed by atoms with van der Waals surface area (Å²) in [6, 6.07) is 6.69. The molecule has 5 heteroatoms. The predicted molar refractivity (Wildman–Crippen MR) is 83.9 cm³/mol. The van der Waals surface area contributed by atoms with Crippen LogP contribution in [0.2, 0.25) is 0 Å². The Morgan fingerprint density at radius 1 is 1.55 bits per heavy atom. The van der Waals surface area contributed by atoms with Gasteiger partial charge in [-0.05, 0) is 44.0 Å². The third-order valence-corrected chi connectivity index (χ3v) is 3.98. The maximum Gasteiger partial charge on any atom is 0.224 e. The van der Waals surface area contributed by atoms with Crippen LogP contribution in [0.1, 0.15) is 25.3 Å². The van der Waals surface area contributed by atoms with Crippen molar-refractivity contribution in [2.75, 3.05) is 26.8 Å². The number of hydrogen-bond donors (Lipinski definition) is 1. The van der Waals surface area contributed by atoms with Crippen LogP contribution in [-0.4, -0.2) is 43.7 Å². The van der Waals surface area contributed by atoms with Crippen LogP contribution >= 0.6 is 0 Å². The molecule has 1 N–H and O–H groups in total. The summed E-state index contributed by atoms with van der Waals surface area (Å²) in [6.07, 6.45) is 1.90. The Hall–Kier alpha value is -1.46. The summed E-state index contributed by atoms with van der Waals surface area (Å²) in [6.45, 7) is 4.82. The quantitative estimate of drug-likeness (QED) is 0.876. The van der Waals surface area contributed by atoms with Gasteiger partial charge in [-0.2, -0.15) is 0 Å². The molecule has 1 aromatic rings. The molecule has 1 amide bonds. The van der Waals surface area contributed by atoms with Crippen molar-refractivity contribution in [3.8, 4) is 0 Å². The topological polar surface area (TPSA) is 41.6 Å². The molecule has 2 atom stereocenters. The summed E-state index contributed by atoms with van der Waals surface area (Å²) in [5.74, 6) is -0.118. The highest BCUT2D eigenvalue weighted by Crippen LogP contribution is 2.19. The lowest BCUT2D eigenvalue weighted by Crippen LogP contribution is -2.46. The second-order valence-corrected chi connectivity index (χ2v) is 6.07. The average molecular weight is 308 g/mol. The van der Waals surface area contributed by atoms with Crippen molar-refractivity contribution in [1.82, 2.24) is 10.2 Å². The Kier molecular flexibility index (Phi) is 6.34. The lowest BCUT2D eigenvalue weighted by Gasteiger charge is -2.32. The van der Waals surface area contributed by atoms with Gasteiger partial charge in [-0.15, -0.1) is 0 Å². The highest BCUT2D eigenvalue weighted by molar-refractivity contribution is 5.79. The first-order valence-corrected chi connectivity index (χ1v) is 7.84. The fourth-order valence-electron chi connectivity index (χ4n) is 2.96. The van der Waals surface area contributed by atoms with Crippen LogP contribution < -0.4 is 5.32 Å². The first-order valence-electron chi connectivity index (χ1n) is 7.84. The number of amides is 1. The number of carbonyl (C=O) groups is 1. The molecular formula is C17H25FN2O2. The van der Waals surface area contributed by atoms with Crippen molar-refractivity contribution < 1.29 is 13.9 Å². The van der Waals surface area contributed by atoms with Gasteiger partial charge in [0.2, 0.25) is 5.91 Å². The molecule has 4 nitrogen and oxygen atoms in total. The fourth-order valence-corrected chi connectivity index (χ4v) is 2.96. The van der Waals surface area contributed by atoms with Gasteiger partial charge in [0.05, 0.1) is 12.5 Å². The number of halogens is 1. The maximum atomic E-state index is 13.2. The number of carbonyl (C=O) groups excluding carboxylic acids is 1. The number of nitrogens with one attached hydrogen (secondary N) is 1. The molecule has 0 radical (unpaired) electrons. The van der Waals surface area contributed by atoms with Crippen LogP contribution in [0.25, 0.3) is 0 Å². The first kappa shape index (κ1) is 16.9. The molecule has 0 saturated carbocycles. The Bertz CT molecular complexity index is 495. The number of benzene rings is 1. The van der Waals surface area contributed by atoms with E-state index >= 15 is 0 Å². The van der Waals surface area contributed by atoms with Gasteiger partial charge in [-0.1, -0.05) is 12.1 Å². The van der Waals surface area contributed by atoms with Crippen molar-refractivity contribution in [2.24, 2.45) is 5.92 Å². The van der Waals surface area contributed by atoms with E-state index in [0.29, 0.717) is 13.2 Å². The van der Waals surface area contributed by atoms with Gasteiger partial charge in [0.25, 0.3) is 0 Å². The molecule has 2 unspecified atom stereocenters. The molecule has 1 heterocycles. The number of rotatable bonds is 6. The normalized spacial score (nSPS) is 20.6. The molecule has 122 valence electrons. The Morgan fingerprint density at radius 3 is 3.09 bits per heavy atom. The molecule has 1 saturated heterocycles. The van der Waals surface area contributed by atoms with E-state index in [1.165, 1.54) is 6.07 Å². The van der Waals surface area contributed by atoms with E-state index in [0.717, 1.165) is 31.5 Å². The number of ether oxygens (including phenoxy) is 1. The standard InChI is InChI=1S/C17H25FN2O2/c1-13(12-22-2)19-17(21)15-6-4-8-20(11-15)10-14-5-3-7-16(18)9-14/h3,5,7,9,13,15H,4,6,8,10-12H2,1-2H3,(H,19,21). The maximum absolute atomic E-state index is 13.2. The lowest BCUT2D eigenvalue weighted by molar-refractivity contribution is -0.127. The highest BCUT2D eigenvalue weighted by atomic mass is 19.1. The van der Waals surface area contributed by atoms with Crippen molar-refractivity contribution in [3.63, 3.8) is 0 Å². The van der Waals surface area contributed by atoms with E-state index in [1.54, 1.807) is 19.2 Å². The van der Waals surface area contributed by atoms with Crippen LogP contribution in [0.3, 0.4) is 0 Å². The van der Waals surface area contributed by atoms with Crippen LogP contribution in [0.5, 0.6) is 0 Å². The van der Waals surface area contributed by atoms with E-state index in [-0.39, 0.29) is 23.7 Å². The highest BCUT2D eigenvalue weighted by Gasteiger charge is 2.26. The zero-order chi connectivity index (χ0) is 15.9. The van der Waals surface area contributed by atoms with E-state index in [2.05, 4.69) is 10.2 Å². The van der Waals surface area contributed by atoms with Crippen LogP contribution in [0, 0.1) is 11.7 Å². The smallest absolute Gasteiger partial charge is 0.224 e. The molecule has 0 aromatic heterocycles. The first-order chi connectivity index (χ1) is 10.6. The number of piperidine rings is 1. The predicted octanol–water partition coefficient (Wildman–Crippen LogP) is 2.19. The minimum Gasteiger partial charge on any atom is -0.383 e. The van der Waals surface area contributed by atoms with Gasteiger partial charge in [-0.25, -0.2) is 4.39 Å². The zero-order valence-electron chi connectivity index (χ0n) is 13.3. The van der Waals surface area contributed by atoms with Gasteiger partial charge in [0.1, 0.15) is 5.82 Å².